The van der Waals surface area contributed by atoms with E-state index in [4.69, 9.17) is 8.94 Å². The Hall–Kier alpha value is -2.94. The third-order valence-corrected chi connectivity index (χ3v) is 5.88. The van der Waals surface area contributed by atoms with E-state index in [9.17, 15) is 9.59 Å². The fraction of sp³-hybridized carbons (Fsp3) is 0.400. The van der Waals surface area contributed by atoms with Crippen LogP contribution in [0.5, 0.6) is 0 Å². The number of carbonyl (C=O) groups is 2. The molecule has 3 aromatic rings. The monoisotopic (exact) mass is 414 g/mol. The summed E-state index contributed by atoms with van der Waals surface area (Å²) in [4.78, 5) is 30.1. The Balaban J connectivity index is 1.47. The van der Waals surface area contributed by atoms with Gasteiger partial charge in [-0.05, 0) is 49.4 Å². The predicted molar refractivity (Wildman–Crippen MR) is 107 cm³/mol. The minimum absolute atomic E-state index is 0.0739. The van der Waals surface area contributed by atoms with Gasteiger partial charge in [-0.2, -0.15) is 4.98 Å². The number of aromatic nitrogens is 2. The molecule has 1 fully saturated rings. The van der Waals surface area contributed by atoms with Crippen molar-refractivity contribution >= 4 is 28.2 Å². The number of rotatable bonds is 7. The number of hydrogen-bond donors (Lipinski definition) is 2. The molecule has 0 aromatic carbocycles. The van der Waals surface area contributed by atoms with Gasteiger partial charge in [-0.3, -0.25) is 9.59 Å². The molecule has 1 aliphatic rings. The van der Waals surface area contributed by atoms with Crippen LogP contribution in [0.3, 0.4) is 0 Å². The van der Waals surface area contributed by atoms with Crippen LogP contribution in [0.2, 0.25) is 0 Å². The highest BCUT2D eigenvalue weighted by molar-refractivity contribution is 7.18. The molecule has 29 heavy (non-hydrogen) atoms. The molecule has 2 N–H and O–H groups in total. The first-order valence-electron chi connectivity index (χ1n) is 9.52. The molecule has 8 nitrogen and oxygen atoms in total. The summed E-state index contributed by atoms with van der Waals surface area (Å²) in [5.41, 5.74) is 0.772. The highest BCUT2D eigenvalue weighted by atomic mass is 32.1. The van der Waals surface area contributed by atoms with Crippen LogP contribution in [0.25, 0.3) is 0 Å². The molecule has 1 atom stereocenters. The predicted octanol–water partition coefficient (Wildman–Crippen LogP) is 4.29. The maximum absolute atomic E-state index is 12.9. The van der Waals surface area contributed by atoms with Crippen molar-refractivity contribution in [3.05, 3.63) is 52.4 Å². The molecular weight excluding hydrogens is 392 g/mol. The number of hydrogen-bond acceptors (Lipinski definition) is 7. The van der Waals surface area contributed by atoms with E-state index in [1.807, 2.05) is 20.8 Å². The van der Waals surface area contributed by atoms with Crippen molar-refractivity contribution in [2.75, 3.05) is 5.32 Å². The molecule has 1 aliphatic carbocycles. The van der Waals surface area contributed by atoms with Crippen molar-refractivity contribution < 1.29 is 18.5 Å². The topological polar surface area (TPSA) is 110 Å². The molecule has 0 saturated heterocycles. The van der Waals surface area contributed by atoms with Gasteiger partial charge in [0.05, 0.1) is 16.1 Å². The molecular formula is C20H22N4O4S. The van der Waals surface area contributed by atoms with Crippen LogP contribution in [-0.2, 0) is 0 Å². The lowest BCUT2D eigenvalue weighted by molar-refractivity contribution is 0.0916. The normalized spacial score (nSPS) is 14.8. The minimum Gasteiger partial charge on any atom is -0.459 e. The van der Waals surface area contributed by atoms with Gasteiger partial charge in [-0.25, -0.2) is 0 Å². The Bertz CT molecular complexity index is 1020. The van der Waals surface area contributed by atoms with Crippen LogP contribution in [0.1, 0.15) is 76.2 Å². The second kappa shape index (κ2) is 7.82. The molecule has 0 aliphatic heterocycles. The van der Waals surface area contributed by atoms with E-state index in [0.717, 1.165) is 24.2 Å². The number of furan rings is 1. The van der Waals surface area contributed by atoms with Crippen LogP contribution in [0.15, 0.2) is 33.4 Å². The summed E-state index contributed by atoms with van der Waals surface area (Å²) in [7, 11) is 0. The third-order valence-electron chi connectivity index (χ3n) is 4.72. The van der Waals surface area contributed by atoms with Crippen LogP contribution in [-0.4, -0.2) is 22.0 Å². The van der Waals surface area contributed by atoms with Gasteiger partial charge in [0.1, 0.15) is 6.04 Å². The maximum atomic E-state index is 12.9. The summed E-state index contributed by atoms with van der Waals surface area (Å²) in [6.45, 7) is 5.81. The first-order chi connectivity index (χ1) is 13.9. The van der Waals surface area contributed by atoms with E-state index in [2.05, 4.69) is 20.8 Å². The van der Waals surface area contributed by atoms with Gasteiger partial charge in [0, 0.05) is 5.92 Å². The summed E-state index contributed by atoms with van der Waals surface area (Å²) < 4.78 is 10.5. The number of carbonyl (C=O) groups excluding carboxylic acids is 2. The Morgan fingerprint density at radius 2 is 2.07 bits per heavy atom. The fourth-order valence-corrected chi connectivity index (χ4v) is 3.92. The van der Waals surface area contributed by atoms with Crippen LogP contribution < -0.4 is 10.6 Å². The average Bonchev–Trinajstić information content (AvgIpc) is 3.10. The van der Waals surface area contributed by atoms with E-state index in [0.29, 0.717) is 21.7 Å². The van der Waals surface area contributed by atoms with Crippen molar-refractivity contribution in [2.45, 2.75) is 45.6 Å². The van der Waals surface area contributed by atoms with Crippen molar-refractivity contribution in [1.82, 2.24) is 15.5 Å². The van der Waals surface area contributed by atoms with Gasteiger partial charge in [-0.15, -0.1) is 11.3 Å². The van der Waals surface area contributed by atoms with Gasteiger partial charge in [-0.1, -0.05) is 19.0 Å². The largest absolute Gasteiger partial charge is 0.459 e. The fourth-order valence-electron chi connectivity index (χ4n) is 2.95. The zero-order valence-corrected chi connectivity index (χ0v) is 17.2. The van der Waals surface area contributed by atoms with Crippen molar-refractivity contribution in [1.29, 1.82) is 0 Å². The first kappa shape index (κ1) is 19.4. The van der Waals surface area contributed by atoms with Crippen molar-refractivity contribution in [3.8, 4) is 0 Å². The van der Waals surface area contributed by atoms with E-state index >= 15 is 0 Å². The Morgan fingerprint density at radius 1 is 1.28 bits per heavy atom. The second-order valence-electron chi connectivity index (χ2n) is 7.51. The van der Waals surface area contributed by atoms with E-state index in [1.165, 1.54) is 17.6 Å². The molecule has 152 valence electrons. The van der Waals surface area contributed by atoms with Gasteiger partial charge in [0.25, 0.3) is 11.8 Å². The molecule has 3 aromatic heterocycles. The lowest BCUT2D eigenvalue weighted by Gasteiger charge is -2.18. The molecule has 2 amide bonds. The minimum atomic E-state index is -0.384. The number of thiophene rings is 1. The maximum Gasteiger partial charge on any atom is 0.291 e. The zero-order chi connectivity index (χ0) is 20.5. The number of amides is 2. The van der Waals surface area contributed by atoms with E-state index in [1.54, 1.807) is 18.2 Å². The van der Waals surface area contributed by atoms with Crippen molar-refractivity contribution in [2.24, 2.45) is 5.92 Å². The number of nitrogens with one attached hydrogen (secondary N) is 2. The van der Waals surface area contributed by atoms with Crippen LogP contribution in [0.4, 0.5) is 5.00 Å². The summed E-state index contributed by atoms with van der Waals surface area (Å²) in [5.74, 6) is 1.22. The Kier molecular flexibility index (Phi) is 5.23. The van der Waals surface area contributed by atoms with Gasteiger partial charge >= 0.3 is 0 Å². The second-order valence-corrected chi connectivity index (χ2v) is 8.57. The highest BCUT2D eigenvalue weighted by Crippen LogP contribution is 2.39. The standard InChI is InChI=1S/C20H22N4O4S/c1-10(2)15(20-23-17(24-28-20)12-6-7-12)22-19(26)16-11(3)9-14(29-16)21-18(25)13-5-4-8-27-13/h4-5,8-10,12,15H,6-7H2,1-3H3,(H,21,25)(H,22,26). The smallest absolute Gasteiger partial charge is 0.291 e. The third kappa shape index (κ3) is 4.24. The highest BCUT2D eigenvalue weighted by Gasteiger charge is 2.32. The quantitative estimate of drug-likeness (QED) is 0.597. The lowest BCUT2D eigenvalue weighted by atomic mass is 10.0. The molecule has 0 radical (unpaired) electrons. The van der Waals surface area contributed by atoms with E-state index in [-0.39, 0.29) is 29.5 Å². The summed E-state index contributed by atoms with van der Waals surface area (Å²) in [6, 6.07) is 4.61. The zero-order valence-electron chi connectivity index (χ0n) is 16.4. The van der Waals surface area contributed by atoms with Gasteiger partial charge in [0.2, 0.25) is 5.89 Å². The summed E-state index contributed by atoms with van der Waals surface area (Å²) >= 11 is 1.21. The van der Waals surface area contributed by atoms with E-state index < -0.39 is 0 Å². The van der Waals surface area contributed by atoms with Gasteiger partial charge in [0.15, 0.2) is 11.6 Å². The summed E-state index contributed by atoms with van der Waals surface area (Å²) in [5, 5.41) is 10.4. The number of nitrogens with zero attached hydrogens (tertiary/aromatic N) is 2. The molecule has 0 bridgehead atoms. The van der Waals surface area contributed by atoms with Gasteiger partial charge < -0.3 is 19.6 Å². The lowest BCUT2D eigenvalue weighted by Crippen LogP contribution is -2.31. The number of aryl methyl sites for hydroxylation is 1. The first-order valence-corrected chi connectivity index (χ1v) is 10.3. The van der Waals surface area contributed by atoms with Crippen LogP contribution >= 0.6 is 11.3 Å². The Labute approximate surface area is 171 Å². The Morgan fingerprint density at radius 3 is 2.72 bits per heavy atom. The molecule has 1 saturated carbocycles. The number of anilines is 1. The molecule has 3 heterocycles. The summed E-state index contributed by atoms with van der Waals surface area (Å²) in [6.07, 6.45) is 3.60. The molecule has 9 heteroatoms. The molecule has 4 rings (SSSR count). The molecule has 0 spiro atoms. The van der Waals surface area contributed by atoms with Crippen molar-refractivity contribution in [3.63, 3.8) is 0 Å². The molecule has 1 unspecified atom stereocenters. The SMILES string of the molecule is Cc1cc(NC(=O)c2ccco2)sc1C(=O)NC(c1nc(C2CC2)no1)C(C)C. The average molecular weight is 414 g/mol. The van der Waals surface area contributed by atoms with Crippen LogP contribution in [0, 0.1) is 12.8 Å².